The molecule has 4 aliphatic heterocycles. The van der Waals surface area contributed by atoms with Crippen molar-refractivity contribution in [2.24, 2.45) is 34.5 Å². The fraction of sp³-hybridized carbons (Fsp3) is 0.907. The second-order valence-electron chi connectivity index (χ2n) is 19.4. The van der Waals surface area contributed by atoms with E-state index in [1.807, 2.05) is 6.92 Å². The van der Waals surface area contributed by atoms with E-state index in [2.05, 4.69) is 13.8 Å². The van der Waals surface area contributed by atoms with Gasteiger partial charge in [-0.05, 0) is 100 Å². The molecule has 8 aliphatic rings. The highest BCUT2D eigenvalue weighted by Gasteiger charge is 2.69. The summed E-state index contributed by atoms with van der Waals surface area (Å²) in [5.41, 5.74) is -0.565. The Morgan fingerprint density at radius 3 is 1.98 bits per heavy atom. The number of cyclic esters (lactones) is 1. The normalized spacial score (nSPS) is 53.2. The van der Waals surface area contributed by atoms with Gasteiger partial charge < -0.3 is 63.4 Å². The number of fused-ring (bicyclic) bond motifs is 5. The van der Waals surface area contributed by atoms with Crippen molar-refractivity contribution in [3.8, 4) is 0 Å². The fourth-order valence-corrected chi connectivity index (χ4v) is 13.1. The number of aliphatic hydroxyl groups excluding tert-OH is 4. The molecule has 15 heteroatoms. The van der Waals surface area contributed by atoms with E-state index in [0.29, 0.717) is 19.4 Å². The molecule has 0 radical (unpaired) electrons. The van der Waals surface area contributed by atoms with Crippen LogP contribution in [-0.4, -0.2) is 136 Å². The molecule has 15 nitrogen and oxygen atoms in total. The van der Waals surface area contributed by atoms with Gasteiger partial charge in [-0.25, -0.2) is 4.79 Å². The number of hydrogen-bond donors (Lipinski definition) is 5. The molecular weight excluding hydrogens is 756 g/mol. The van der Waals surface area contributed by atoms with Crippen molar-refractivity contribution in [1.29, 1.82) is 0 Å². The quantitative estimate of drug-likeness (QED) is 0.176. The van der Waals surface area contributed by atoms with Gasteiger partial charge in [0.05, 0.1) is 48.3 Å². The lowest BCUT2D eigenvalue weighted by Crippen LogP contribution is -2.65. The Bertz CT molecular complexity index is 1530. The topological polar surface area (TPSA) is 209 Å². The van der Waals surface area contributed by atoms with Crippen molar-refractivity contribution in [3.05, 3.63) is 11.6 Å². The van der Waals surface area contributed by atoms with E-state index in [4.69, 9.17) is 37.9 Å². The van der Waals surface area contributed by atoms with Crippen LogP contribution in [0, 0.1) is 34.5 Å². The van der Waals surface area contributed by atoms with Gasteiger partial charge in [0.15, 0.2) is 18.9 Å². The van der Waals surface area contributed by atoms with Gasteiger partial charge in [-0.15, -0.1) is 0 Å². The molecule has 0 amide bonds. The summed E-state index contributed by atoms with van der Waals surface area (Å²) in [5, 5.41) is 57.4. The zero-order valence-electron chi connectivity index (χ0n) is 34.8. The summed E-state index contributed by atoms with van der Waals surface area (Å²) in [4.78, 5) is 23.5. The summed E-state index contributed by atoms with van der Waals surface area (Å²) in [5.74, 6) is -0.246. The van der Waals surface area contributed by atoms with Crippen LogP contribution in [0.5, 0.6) is 0 Å². The number of rotatable bonds is 8. The average molecular weight is 823 g/mol. The minimum absolute atomic E-state index is 0.0659. The first-order chi connectivity index (χ1) is 27.4. The molecule has 4 aliphatic carbocycles. The molecule has 58 heavy (non-hydrogen) atoms. The van der Waals surface area contributed by atoms with E-state index in [1.165, 1.54) is 6.92 Å². The smallest absolute Gasteiger partial charge is 0.331 e. The van der Waals surface area contributed by atoms with E-state index >= 15 is 0 Å². The first kappa shape index (κ1) is 42.9. The number of aliphatic hydroxyl groups is 5. The first-order valence-corrected chi connectivity index (χ1v) is 21.8. The number of ether oxygens (including phenoxy) is 8. The SMILES string of the molecule is CC(=O)OC1CC(OC2C(O)CC(OC3C(O)CC(OC4CC(O)C5(C)C(CC[C@@H]6[C@@H]5CCC5(C)C(C7=CC(=O)OC7)CCC65O)C4)OC3C)OC2C)OC(C)C1O. The summed E-state index contributed by atoms with van der Waals surface area (Å²) in [6.07, 6.45) is -2.18. The van der Waals surface area contributed by atoms with Crippen molar-refractivity contribution in [2.75, 3.05) is 6.61 Å². The van der Waals surface area contributed by atoms with Gasteiger partial charge in [0.2, 0.25) is 0 Å². The van der Waals surface area contributed by atoms with Crippen molar-refractivity contribution in [3.63, 3.8) is 0 Å². The van der Waals surface area contributed by atoms with Gasteiger partial charge in [0.25, 0.3) is 0 Å². The van der Waals surface area contributed by atoms with Gasteiger partial charge in [0.1, 0.15) is 31.0 Å². The van der Waals surface area contributed by atoms with Crippen molar-refractivity contribution in [1.82, 2.24) is 0 Å². The minimum Gasteiger partial charge on any atom is -0.459 e. The lowest BCUT2D eigenvalue weighted by atomic mass is 9.42. The molecular formula is C43H66O15. The predicted octanol–water partition coefficient (Wildman–Crippen LogP) is 2.79. The summed E-state index contributed by atoms with van der Waals surface area (Å²) in [6.45, 7) is 11.2. The molecule has 328 valence electrons. The van der Waals surface area contributed by atoms with Crippen LogP contribution in [0.3, 0.4) is 0 Å². The molecule has 5 N–H and O–H groups in total. The van der Waals surface area contributed by atoms with E-state index in [-0.39, 0.29) is 65.8 Å². The van der Waals surface area contributed by atoms with E-state index in [9.17, 15) is 35.1 Å². The van der Waals surface area contributed by atoms with E-state index in [0.717, 1.165) is 44.1 Å². The summed E-state index contributed by atoms with van der Waals surface area (Å²) in [7, 11) is 0. The van der Waals surface area contributed by atoms with Crippen molar-refractivity contribution >= 4 is 11.9 Å². The summed E-state index contributed by atoms with van der Waals surface area (Å²) in [6, 6.07) is 0. The second-order valence-corrected chi connectivity index (χ2v) is 19.4. The van der Waals surface area contributed by atoms with E-state index in [1.54, 1.807) is 19.9 Å². The monoisotopic (exact) mass is 822 g/mol. The standard InChI is InChI=1S/C43H66O15/c1-20-38(49)32(55-23(4)44)18-37(52-20)58-40-22(3)54-36(17-31(40)46)57-39-21(2)53-35(16-30(39)45)56-26-14-25-7-8-29-28(42(25,6)33(47)15-26)9-11-41(5)27(10-12-43(29,41)50)24-13-34(48)51-19-24/h13,20-22,25-33,35-40,45-47,49-50H,7-12,14-19H2,1-6H3/t20?,21?,22?,25?,26?,27?,28-,29+,30?,31?,32?,33?,35?,36?,37?,38?,39?,40?,41?,42?,43?/m0/s1. The van der Waals surface area contributed by atoms with Crippen LogP contribution in [0.4, 0.5) is 0 Å². The zero-order valence-corrected chi connectivity index (χ0v) is 34.8. The highest BCUT2D eigenvalue weighted by molar-refractivity contribution is 5.85. The molecule has 4 saturated carbocycles. The molecule has 19 unspecified atom stereocenters. The summed E-state index contributed by atoms with van der Waals surface area (Å²) < 4.78 is 47.6. The van der Waals surface area contributed by atoms with Gasteiger partial charge in [-0.3, -0.25) is 4.79 Å². The molecule has 4 heterocycles. The maximum atomic E-state index is 12.6. The Kier molecular flexibility index (Phi) is 12.0. The first-order valence-electron chi connectivity index (χ1n) is 21.8. The van der Waals surface area contributed by atoms with Crippen LogP contribution in [-0.2, 0) is 47.5 Å². The van der Waals surface area contributed by atoms with Crippen molar-refractivity contribution < 1.29 is 73.0 Å². The van der Waals surface area contributed by atoms with Crippen LogP contribution in [0.2, 0.25) is 0 Å². The van der Waals surface area contributed by atoms with Gasteiger partial charge in [-0.2, -0.15) is 0 Å². The van der Waals surface area contributed by atoms with Gasteiger partial charge >= 0.3 is 11.9 Å². The van der Waals surface area contributed by atoms with Gasteiger partial charge in [0, 0.05) is 44.1 Å². The molecule has 0 aromatic carbocycles. The Morgan fingerprint density at radius 2 is 1.38 bits per heavy atom. The Labute approximate surface area is 341 Å². The molecule has 0 bridgehead atoms. The number of hydrogen-bond acceptors (Lipinski definition) is 15. The van der Waals surface area contributed by atoms with Gasteiger partial charge in [-0.1, -0.05) is 13.8 Å². The Hall–Kier alpha value is -1.76. The van der Waals surface area contributed by atoms with Crippen LogP contribution >= 0.6 is 0 Å². The third-order valence-corrected chi connectivity index (χ3v) is 16.3. The Morgan fingerprint density at radius 1 is 0.759 bits per heavy atom. The maximum absolute atomic E-state index is 12.6. The predicted molar refractivity (Wildman–Crippen MR) is 202 cm³/mol. The lowest BCUT2D eigenvalue weighted by molar-refractivity contribution is -0.337. The summed E-state index contributed by atoms with van der Waals surface area (Å²) >= 11 is 0. The molecule has 7 fully saturated rings. The second kappa shape index (κ2) is 16.2. The fourth-order valence-electron chi connectivity index (χ4n) is 13.1. The molecule has 0 aromatic rings. The molecule has 3 saturated heterocycles. The third kappa shape index (κ3) is 7.49. The van der Waals surface area contributed by atoms with Crippen molar-refractivity contribution in [2.45, 2.75) is 204 Å². The minimum atomic E-state index is -1.00. The third-order valence-electron chi connectivity index (χ3n) is 16.3. The van der Waals surface area contributed by atoms with Crippen LogP contribution in [0.1, 0.15) is 112 Å². The Balaban J connectivity index is 0.834. The lowest BCUT2D eigenvalue weighted by Gasteiger charge is -2.64. The number of carbonyl (C=O) groups excluding carboxylic acids is 2. The molecule has 0 spiro atoms. The highest BCUT2D eigenvalue weighted by Crippen LogP contribution is 2.70. The molecule has 8 rings (SSSR count). The van der Waals surface area contributed by atoms with Crippen LogP contribution < -0.4 is 0 Å². The zero-order chi connectivity index (χ0) is 41.5. The van der Waals surface area contributed by atoms with Crippen LogP contribution in [0.25, 0.3) is 0 Å². The number of carbonyl (C=O) groups is 2. The average Bonchev–Trinajstić information content (AvgIpc) is 3.69. The highest BCUT2D eigenvalue weighted by atomic mass is 16.7. The number of esters is 2. The molecule has 21 atom stereocenters. The largest absolute Gasteiger partial charge is 0.459 e. The molecule has 0 aromatic heterocycles. The van der Waals surface area contributed by atoms with E-state index < -0.39 is 91.5 Å². The maximum Gasteiger partial charge on any atom is 0.331 e. The van der Waals surface area contributed by atoms with Crippen LogP contribution in [0.15, 0.2) is 11.6 Å².